The maximum absolute atomic E-state index is 13.1. The Morgan fingerprint density at radius 2 is 2.11 bits per heavy atom. The van der Waals surface area contributed by atoms with E-state index in [0.717, 1.165) is 41.3 Å². The molecule has 2 aromatic rings. The minimum atomic E-state index is -0.0443. The zero-order valence-electron chi connectivity index (χ0n) is 15.7. The monoisotopic (exact) mass is 387 g/mol. The molecule has 1 fully saturated rings. The van der Waals surface area contributed by atoms with Crippen LogP contribution in [0.3, 0.4) is 0 Å². The average molecular weight is 388 g/mol. The van der Waals surface area contributed by atoms with Crippen molar-refractivity contribution >= 4 is 23.3 Å². The van der Waals surface area contributed by atoms with E-state index < -0.39 is 0 Å². The predicted octanol–water partition coefficient (Wildman–Crippen LogP) is 2.52. The number of ether oxygens (including phenoxy) is 1. The molecule has 8 heteroatoms. The first-order chi connectivity index (χ1) is 13.0. The summed E-state index contributed by atoms with van der Waals surface area (Å²) in [4.78, 5) is 30.0. The van der Waals surface area contributed by atoms with Crippen molar-refractivity contribution in [2.24, 2.45) is 5.92 Å². The summed E-state index contributed by atoms with van der Waals surface area (Å²) in [7, 11) is 1.58. The van der Waals surface area contributed by atoms with Crippen LogP contribution in [-0.2, 0) is 17.9 Å². The molecule has 0 aliphatic carbocycles. The minimum Gasteiger partial charge on any atom is -0.481 e. The number of methoxy groups -OCH3 is 1. The van der Waals surface area contributed by atoms with Crippen molar-refractivity contribution in [1.29, 1.82) is 0 Å². The Labute approximate surface area is 163 Å². The molecule has 1 saturated heterocycles. The number of hydrogen-bond donors (Lipinski definition) is 0. The van der Waals surface area contributed by atoms with Crippen LogP contribution in [0.4, 0.5) is 5.82 Å². The lowest BCUT2D eigenvalue weighted by atomic mass is 10.1. The molecule has 0 spiro atoms. The van der Waals surface area contributed by atoms with E-state index in [9.17, 15) is 4.79 Å². The number of fused-ring (bicyclic) bond motifs is 1. The van der Waals surface area contributed by atoms with Crippen LogP contribution in [0.5, 0.6) is 5.88 Å². The van der Waals surface area contributed by atoms with Crippen molar-refractivity contribution < 1.29 is 9.53 Å². The zero-order chi connectivity index (χ0) is 19.1. The number of carbonyl (C=O) groups excluding carboxylic acids is 1. The fourth-order valence-corrected chi connectivity index (χ4v) is 4.06. The number of halogens is 1. The van der Waals surface area contributed by atoms with Gasteiger partial charge in [0.1, 0.15) is 12.1 Å². The van der Waals surface area contributed by atoms with Crippen LogP contribution in [0, 0.1) is 19.8 Å². The van der Waals surface area contributed by atoms with Crippen LogP contribution in [-0.4, -0.2) is 46.0 Å². The quantitative estimate of drug-likeness (QED) is 0.805. The standard InChI is InChI=1S/C19H22ClN5O2/c1-11-14-8-25(9-15(14)23-12(2)18(11)20)19(26)13-4-5-24(7-13)16-6-17(27-3)22-10-21-16/h6,10,13H,4-5,7-9H2,1-3H3/t13-/m1/s1. The molecule has 0 radical (unpaired) electrons. The molecule has 0 bridgehead atoms. The molecule has 1 amide bonds. The second kappa shape index (κ2) is 6.96. The van der Waals surface area contributed by atoms with Gasteiger partial charge in [-0.15, -0.1) is 0 Å². The van der Waals surface area contributed by atoms with Crippen LogP contribution in [0.1, 0.15) is 28.9 Å². The maximum atomic E-state index is 13.1. The van der Waals surface area contributed by atoms with E-state index in [1.54, 1.807) is 13.2 Å². The van der Waals surface area contributed by atoms with Crippen LogP contribution in [0.25, 0.3) is 0 Å². The minimum absolute atomic E-state index is 0.0443. The number of nitrogens with zero attached hydrogens (tertiary/aromatic N) is 5. The van der Waals surface area contributed by atoms with Crippen molar-refractivity contribution in [3.63, 3.8) is 0 Å². The van der Waals surface area contributed by atoms with Gasteiger partial charge in [-0.1, -0.05) is 11.6 Å². The number of rotatable bonds is 3. The molecule has 27 heavy (non-hydrogen) atoms. The second-order valence-corrected chi connectivity index (χ2v) is 7.48. The first kappa shape index (κ1) is 18.0. The Bertz CT molecular complexity index is 904. The molecule has 0 N–H and O–H groups in total. The summed E-state index contributed by atoms with van der Waals surface area (Å²) in [6.45, 7) is 6.50. The highest BCUT2D eigenvalue weighted by Crippen LogP contribution is 2.33. The van der Waals surface area contributed by atoms with Gasteiger partial charge >= 0.3 is 0 Å². The number of hydrogen-bond acceptors (Lipinski definition) is 6. The molecule has 142 valence electrons. The van der Waals surface area contributed by atoms with E-state index in [1.165, 1.54) is 6.33 Å². The van der Waals surface area contributed by atoms with Gasteiger partial charge in [-0.3, -0.25) is 9.78 Å². The van der Waals surface area contributed by atoms with Crippen molar-refractivity contribution in [2.45, 2.75) is 33.4 Å². The van der Waals surface area contributed by atoms with Crippen molar-refractivity contribution in [1.82, 2.24) is 19.9 Å². The van der Waals surface area contributed by atoms with Crippen LogP contribution >= 0.6 is 11.6 Å². The van der Waals surface area contributed by atoms with E-state index in [2.05, 4.69) is 19.9 Å². The van der Waals surface area contributed by atoms with Crippen LogP contribution in [0.15, 0.2) is 12.4 Å². The van der Waals surface area contributed by atoms with E-state index in [4.69, 9.17) is 16.3 Å². The summed E-state index contributed by atoms with van der Waals surface area (Å²) in [5, 5.41) is 0.702. The van der Waals surface area contributed by atoms with E-state index in [0.29, 0.717) is 30.5 Å². The number of pyridine rings is 1. The fraction of sp³-hybridized carbons (Fsp3) is 0.474. The smallest absolute Gasteiger partial charge is 0.228 e. The summed E-state index contributed by atoms with van der Waals surface area (Å²) in [6, 6.07) is 1.80. The van der Waals surface area contributed by atoms with Crippen molar-refractivity contribution in [3.05, 3.63) is 39.9 Å². The topological polar surface area (TPSA) is 71.5 Å². The normalized spacial score (nSPS) is 18.7. The Kier molecular flexibility index (Phi) is 4.63. The van der Waals surface area contributed by atoms with Gasteiger partial charge in [0, 0.05) is 25.7 Å². The largest absolute Gasteiger partial charge is 0.481 e. The van der Waals surface area contributed by atoms with E-state index >= 15 is 0 Å². The van der Waals surface area contributed by atoms with Crippen LogP contribution < -0.4 is 9.64 Å². The first-order valence-electron chi connectivity index (χ1n) is 9.02. The lowest BCUT2D eigenvalue weighted by Gasteiger charge is -2.21. The van der Waals surface area contributed by atoms with Crippen LogP contribution in [0.2, 0.25) is 5.02 Å². The van der Waals surface area contributed by atoms with Crippen molar-refractivity contribution in [2.75, 3.05) is 25.1 Å². The van der Waals surface area contributed by atoms with E-state index in [-0.39, 0.29) is 11.8 Å². The molecule has 0 aromatic carbocycles. The molecule has 0 saturated carbocycles. The lowest BCUT2D eigenvalue weighted by molar-refractivity contribution is -0.135. The van der Waals surface area contributed by atoms with Gasteiger partial charge in [-0.2, -0.15) is 0 Å². The fourth-order valence-electron chi connectivity index (χ4n) is 3.91. The van der Waals surface area contributed by atoms with Gasteiger partial charge < -0.3 is 14.5 Å². The predicted molar refractivity (Wildman–Crippen MR) is 102 cm³/mol. The van der Waals surface area contributed by atoms with Crippen molar-refractivity contribution in [3.8, 4) is 5.88 Å². The Balaban J connectivity index is 1.46. The number of carbonyl (C=O) groups is 1. The maximum Gasteiger partial charge on any atom is 0.228 e. The highest BCUT2D eigenvalue weighted by Gasteiger charge is 2.35. The van der Waals surface area contributed by atoms with Gasteiger partial charge in [0.25, 0.3) is 0 Å². The van der Waals surface area contributed by atoms with Gasteiger partial charge in [-0.05, 0) is 31.4 Å². The number of amides is 1. The molecule has 1 atom stereocenters. The third-order valence-corrected chi connectivity index (χ3v) is 6.01. The summed E-state index contributed by atoms with van der Waals surface area (Å²) in [6.07, 6.45) is 2.30. The molecular formula is C19H22ClN5O2. The van der Waals surface area contributed by atoms with Gasteiger partial charge in [-0.25, -0.2) is 9.97 Å². The summed E-state index contributed by atoms with van der Waals surface area (Å²) < 4.78 is 5.17. The average Bonchev–Trinajstić information content (AvgIpc) is 3.33. The summed E-state index contributed by atoms with van der Waals surface area (Å²) >= 11 is 6.33. The molecule has 4 heterocycles. The molecule has 4 rings (SSSR count). The number of aryl methyl sites for hydroxylation is 1. The molecular weight excluding hydrogens is 366 g/mol. The molecule has 7 nitrogen and oxygen atoms in total. The Morgan fingerprint density at radius 1 is 1.30 bits per heavy atom. The third kappa shape index (κ3) is 3.20. The highest BCUT2D eigenvalue weighted by molar-refractivity contribution is 6.32. The molecule has 2 aliphatic rings. The summed E-state index contributed by atoms with van der Waals surface area (Å²) in [5.41, 5.74) is 3.93. The van der Waals surface area contributed by atoms with Gasteiger partial charge in [0.2, 0.25) is 11.8 Å². The van der Waals surface area contributed by atoms with Gasteiger partial charge in [0.15, 0.2) is 0 Å². The SMILES string of the molecule is COc1cc(N2CC[C@@H](C(=O)N3Cc4nc(C)c(Cl)c(C)c4C3)C2)ncn1. The van der Waals surface area contributed by atoms with E-state index in [1.807, 2.05) is 18.7 Å². The summed E-state index contributed by atoms with van der Waals surface area (Å²) in [5.74, 6) is 1.45. The second-order valence-electron chi connectivity index (χ2n) is 7.11. The lowest BCUT2D eigenvalue weighted by Crippen LogP contribution is -2.34. The number of aromatic nitrogens is 3. The molecule has 2 aromatic heterocycles. The first-order valence-corrected chi connectivity index (χ1v) is 9.40. The number of anilines is 1. The Morgan fingerprint density at radius 3 is 2.89 bits per heavy atom. The molecule has 2 aliphatic heterocycles. The molecule has 0 unspecified atom stereocenters. The third-order valence-electron chi connectivity index (χ3n) is 5.45. The zero-order valence-corrected chi connectivity index (χ0v) is 16.5. The van der Waals surface area contributed by atoms with Gasteiger partial charge in [0.05, 0.1) is 36.0 Å². The highest BCUT2D eigenvalue weighted by atomic mass is 35.5. The Hall–Kier alpha value is -2.41.